The zero-order chi connectivity index (χ0) is 15.9. The monoisotopic (exact) mass is 324 g/mol. The molecular weight excluding hydrogens is 304 g/mol. The number of hydrogen-bond acceptors (Lipinski definition) is 3. The minimum absolute atomic E-state index is 0.109. The molecule has 23 heavy (non-hydrogen) atoms. The normalized spacial score (nSPS) is 10.8. The van der Waals surface area contributed by atoms with Gasteiger partial charge in [-0.1, -0.05) is 42.5 Å². The minimum atomic E-state index is 0.109. The zero-order valence-electron chi connectivity index (χ0n) is 13.0. The summed E-state index contributed by atoms with van der Waals surface area (Å²) < 4.78 is 1.19. The summed E-state index contributed by atoms with van der Waals surface area (Å²) in [5.74, 6) is 0.109. The number of hydrogen-bond donors (Lipinski definition) is 1. The molecule has 3 rings (SSSR count). The Morgan fingerprint density at radius 3 is 2.61 bits per heavy atom. The number of nitrogens with zero attached hydrogens (tertiary/aromatic N) is 1. The maximum absolute atomic E-state index is 11.9. The van der Waals surface area contributed by atoms with E-state index in [4.69, 9.17) is 0 Å². The number of fused-ring (bicyclic) bond motifs is 1. The molecular formula is C19H20N2OS. The van der Waals surface area contributed by atoms with Gasteiger partial charge in [-0.2, -0.15) is 0 Å². The van der Waals surface area contributed by atoms with E-state index in [1.165, 1.54) is 10.3 Å². The van der Waals surface area contributed by atoms with Crippen LogP contribution >= 0.6 is 11.3 Å². The highest BCUT2D eigenvalue weighted by atomic mass is 32.1. The van der Waals surface area contributed by atoms with Crippen molar-refractivity contribution in [3.63, 3.8) is 0 Å². The zero-order valence-corrected chi connectivity index (χ0v) is 13.8. The van der Waals surface area contributed by atoms with Gasteiger partial charge in [-0.15, -0.1) is 11.3 Å². The Morgan fingerprint density at radius 2 is 1.78 bits per heavy atom. The second kappa shape index (κ2) is 7.88. The lowest BCUT2D eigenvalue weighted by molar-refractivity contribution is -0.121. The molecule has 0 unspecified atom stereocenters. The molecule has 1 heterocycles. The Bertz CT molecular complexity index is 734. The third-order valence-corrected chi connectivity index (χ3v) is 4.81. The number of para-hydroxylation sites is 1. The van der Waals surface area contributed by atoms with E-state index in [-0.39, 0.29) is 5.91 Å². The van der Waals surface area contributed by atoms with E-state index in [1.54, 1.807) is 11.3 Å². The number of aryl methyl sites for hydroxylation is 2. The van der Waals surface area contributed by atoms with Crippen molar-refractivity contribution in [3.8, 4) is 0 Å². The molecule has 2 aromatic carbocycles. The second-order valence-corrected chi connectivity index (χ2v) is 6.63. The average Bonchev–Trinajstić information content (AvgIpc) is 3.01. The van der Waals surface area contributed by atoms with Crippen LogP contribution in [0.3, 0.4) is 0 Å². The van der Waals surface area contributed by atoms with Crippen molar-refractivity contribution in [1.82, 2.24) is 10.3 Å². The predicted molar refractivity (Wildman–Crippen MR) is 95.7 cm³/mol. The highest BCUT2D eigenvalue weighted by Crippen LogP contribution is 2.22. The van der Waals surface area contributed by atoms with Crippen molar-refractivity contribution in [2.24, 2.45) is 0 Å². The molecule has 0 saturated heterocycles. The average molecular weight is 324 g/mol. The number of nitrogens with one attached hydrogen (secondary N) is 1. The third-order valence-electron chi connectivity index (χ3n) is 3.71. The van der Waals surface area contributed by atoms with Gasteiger partial charge in [0.15, 0.2) is 0 Å². The van der Waals surface area contributed by atoms with Gasteiger partial charge in [-0.05, 0) is 30.5 Å². The molecule has 4 heteroatoms. The van der Waals surface area contributed by atoms with E-state index in [1.807, 2.05) is 36.4 Å². The van der Waals surface area contributed by atoms with E-state index in [0.717, 1.165) is 29.9 Å². The van der Waals surface area contributed by atoms with Crippen LogP contribution in [0.4, 0.5) is 0 Å². The number of thiazole rings is 1. The molecule has 3 nitrogen and oxygen atoms in total. The highest BCUT2D eigenvalue weighted by Gasteiger charge is 2.06. The van der Waals surface area contributed by atoms with Crippen LogP contribution in [0.25, 0.3) is 10.2 Å². The molecule has 0 aliphatic rings. The molecule has 0 saturated carbocycles. The summed E-state index contributed by atoms with van der Waals surface area (Å²) in [6, 6.07) is 18.4. The number of carbonyl (C=O) groups excluding carboxylic acids is 1. The topological polar surface area (TPSA) is 42.0 Å². The Morgan fingerprint density at radius 1 is 1.00 bits per heavy atom. The smallest absolute Gasteiger partial charge is 0.220 e. The quantitative estimate of drug-likeness (QED) is 0.668. The molecule has 118 valence electrons. The highest BCUT2D eigenvalue weighted by molar-refractivity contribution is 7.18. The first-order valence-corrected chi connectivity index (χ1v) is 8.78. The second-order valence-electron chi connectivity index (χ2n) is 5.51. The van der Waals surface area contributed by atoms with Crippen LogP contribution in [0.5, 0.6) is 0 Å². The molecule has 1 N–H and O–H groups in total. The van der Waals surface area contributed by atoms with Crippen LogP contribution in [0.2, 0.25) is 0 Å². The van der Waals surface area contributed by atoms with Gasteiger partial charge in [0, 0.05) is 19.4 Å². The van der Waals surface area contributed by atoms with Gasteiger partial charge < -0.3 is 5.32 Å². The standard InChI is InChI=1S/C19H20N2OS/c22-18(20-14-6-9-15-7-2-1-3-8-15)12-13-19-21-16-10-4-5-11-17(16)23-19/h1-5,7-8,10-11H,6,9,12-14H2,(H,20,22). The summed E-state index contributed by atoms with van der Waals surface area (Å²) in [7, 11) is 0. The van der Waals surface area contributed by atoms with Gasteiger partial charge in [0.05, 0.1) is 15.2 Å². The van der Waals surface area contributed by atoms with Gasteiger partial charge >= 0.3 is 0 Å². The maximum Gasteiger partial charge on any atom is 0.220 e. The molecule has 0 bridgehead atoms. The third kappa shape index (κ3) is 4.63. The summed E-state index contributed by atoms with van der Waals surface area (Å²) in [5, 5.41) is 4.03. The number of rotatable bonds is 7. The Hall–Kier alpha value is -2.20. The first kappa shape index (κ1) is 15.7. The van der Waals surface area contributed by atoms with Gasteiger partial charge in [-0.25, -0.2) is 4.98 Å². The Kier molecular flexibility index (Phi) is 5.37. The van der Waals surface area contributed by atoms with Gasteiger partial charge in [-0.3, -0.25) is 4.79 Å². The van der Waals surface area contributed by atoms with Gasteiger partial charge in [0.2, 0.25) is 5.91 Å². The molecule has 0 atom stereocenters. The largest absolute Gasteiger partial charge is 0.356 e. The predicted octanol–water partition coefficient (Wildman–Crippen LogP) is 3.98. The van der Waals surface area contributed by atoms with Crippen molar-refractivity contribution < 1.29 is 4.79 Å². The fraction of sp³-hybridized carbons (Fsp3) is 0.263. The first-order chi connectivity index (χ1) is 11.3. The SMILES string of the molecule is O=C(CCc1nc2ccccc2s1)NCCCc1ccccc1. The molecule has 0 spiro atoms. The molecule has 3 aromatic rings. The van der Waals surface area contributed by atoms with E-state index >= 15 is 0 Å². The van der Waals surface area contributed by atoms with Crippen molar-refractivity contribution in [2.75, 3.05) is 6.54 Å². The van der Waals surface area contributed by atoms with Crippen LogP contribution in [-0.4, -0.2) is 17.4 Å². The molecule has 0 aliphatic carbocycles. The van der Waals surface area contributed by atoms with Crippen LogP contribution in [0.1, 0.15) is 23.4 Å². The fourth-order valence-electron chi connectivity index (χ4n) is 2.50. The first-order valence-electron chi connectivity index (χ1n) is 7.96. The van der Waals surface area contributed by atoms with Crippen LogP contribution in [-0.2, 0) is 17.6 Å². The van der Waals surface area contributed by atoms with Crippen LogP contribution < -0.4 is 5.32 Å². The van der Waals surface area contributed by atoms with Crippen molar-refractivity contribution in [1.29, 1.82) is 0 Å². The lowest BCUT2D eigenvalue weighted by atomic mass is 10.1. The summed E-state index contributed by atoms with van der Waals surface area (Å²) in [5.41, 5.74) is 2.34. The van der Waals surface area contributed by atoms with Crippen LogP contribution in [0.15, 0.2) is 54.6 Å². The number of benzene rings is 2. The Labute approximate surface area is 140 Å². The molecule has 0 fully saturated rings. The van der Waals surface area contributed by atoms with E-state index in [0.29, 0.717) is 12.8 Å². The van der Waals surface area contributed by atoms with Crippen molar-refractivity contribution in [3.05, 3.63) is 65.2 Å². The van der Waals surface area contributed by atoms with E-state index in [2.05, 4.69) is 28.5 Å². The molecule has 0 aliphatic heterocycles. The van der Waals surface area contributed by atoms with Gasteiger partial charge in [0.1, 0.15) is 0 Å². The maximum atomic E-state index is 11.9. The molecule has 1 aromatic heterocycles. The van der Waals surface area contributed by atoms with Crippen molar-refractivity contribution >= 4 is 27.5 Å². The van der Waals surface area contributed by atoms with Crippen LogP contribution in [0, 0.1) is 0 Å². The van der Waals surface area contributed by atoms with Crippen molar-refractivity contribution in [2.45, 2.75) is 25.7 Å². The van der Waals surface area contributed by atoms with E-state index in [9.17, 15) is 4.79 Å². The number of amides is 1. The lowest BCUT2D eigenvalue weighted by Crippen LogP contribution is -2.24. The number of aromatic nitrogens is 1. The number of carbonyl (C=O) groups is 1. The van der Waals surface area contributed by atoms with Gasteiger partial charge in [0.25, 0.3) is 0 Å². The fourth-order valence-corrected chi connectivity index (χ4v) is 3.47. The summed E-state index contributed by atoms with van der Waals surface area (Å²) in [6.07, 6.45) is 3.19. The lowest BCUT2D eigenvalue weighted by Gasteiger charge is -2.04. The minimum Gasteiger partial charge on any atom is -0.356 e. The molecule has 0 radical (unpaired) electrons. The summed E-state index contributed by atoms with van der Waals surface area (Å²) in [4.78, 5) is 16.5. The molecule has 1 amide bonds. The Balaban J connectivity index is 1.38. The summed E-state index contributed by atoms with van der Waals surface area (Å²) >= 11 is 1.67. The summed E-state index contributed by atoms with van der Waals surface area (Å²) in [6.45, 7) is 0.730. The van der Waals surface area contributed by atoms with E-state index < -0.39 is 0 Å².